The summed E-state index contributed by atoms with van der Waals surface area (Å²) in [5, 5.41) is 0. The molecule has 7 heavy (non-hydrogen) atoms. The van der Waals surface area contributed by atoms with E-state index in [1.54, 1.807) is 0 Å². The van der Waals surface area contributed by atoms with Gasteiger partial charge in [-0.05, 0) is 0 Å². The monoisotopic (exact) mass is 658 g/mol. The van der Waals surface area contributed by atoms with E-state index >= 15 is 0 Å². The Morgan fingerprint density at radius 3 is 1.14 bits per heavy atom. The molecule has 0 nitrogen and oxygen atoms in total. The average molecular weight is 657 g/mol. The van der Waals surface area contributed by atoms with Crippen molar-refractivity contribution in [1.29, 1.82) is 0 Å². The van der Waals surface area contributed by atoms with Crippen molar-refractivity contribution in [3.63, 3.8) is 0 Å². The zero-order chi connectivity index (χ0) is 6.08. The Morgan fingerprint density at radius 2 is 1.14 bits per heavy atom. The standard InChI is InChI=1S/CBI5/c3-1(4,5)2(6)7. The van der Waals surface area contributed by atoms with E-state index in [-0.39, 0.29) is 0 Å². The summed E-state index contributed by atoms with van der Waals surface area (Å²) in [6.45, 7) is 0. The maximum Gasteiger partial charge on any atom is 0.326 e. The molecule has 0 aliphatic carbocycles. The van der Waals surface area contributed by atoms with Crippen LogP contribution in [0.3, 0.4) is 0 Å². The van der Waals surface area contributed by atoms with E-state index in [4.69, 9.17) is 0 Å². The molecule has 0 unspecified atom stereocenters. The van der Waals surface area contributed by atoms with E-state index in [1.807, 2.05) is 0 Å². The second-order valence-corrected chi connectivity index (χ2v) is 17.0. The van der Waals surface area contributed by atoms with Crippen LogP contribution in [0.15, 0.2) is 0 Å². The van der Waals surface area contributed by atoms with Crippen molar-refractivity contribution in [1.82, 2.24) is 0 Å². The number of hydrogen-bond donors (Lipinski definition) is 0. The molecule has 0 heterocycles. The minimum Gasteiger partial charge on any atom is -0.130 e. The van der Waals surface area contributed by atoms with E-state index in [9.17, 15) is 0 Å². The quantitative estimate of drug-likeness (QED) is 0.229. The van der Waals surface area contributed by atoms with Crippen LogP contribution in [0.1, 0.15) is 0 Å². The third-order valence-electron chi connectivity index (χ3n) is 0.247. The zero-order valence-electron chi connectivity index (χ0n) is 2.97. The number of halogens is 5. The smallest absolute Gasteiger partial charge is 0.130 e. The lowest BCUT2D eigenvalue weighted by Gasteiger charge is -2.08. The van der Waals surface area contributed by atoms with Gasteiger partial charge in [-0.1, -0.05) is 67.8 Å². The number of alkyl halides is 3. The topological polar surface area (TPSA) is 0 Å². The minimum atomic E-state index is 0.383. The molecule has 0 saturated carbocycles. The minimum absolute atomic E-state index is 0.383. The third-order valence-corrected chi connectivity index (χ3v) is 11.1. The average Bonchev–Trinajstić information content (AvgIpc) is 1.31. The first-order valence-corrected chi connectivity index (χ1v) is 7.02. The molecule has 0 fully saturated rings. The lowest BCUT2D eigenvalue weighted by atomic mass is 10.2. The van der Waals surface area contributed by atoms with Gasteiger partial charge < -0.3 is 0 Å². The van der Waals surface area contributed by atoms with Crippen molar-refractivity contribution >= 4 is 115 Å². The molecule has 0 amide bonds. The summed E-state index contributed by atoms with van der Waals surface area (Å²) in [4.78, 5) is 0. The van der Waals surface area contributed by atoms with Crippen molar-refractivity contribution in [2.75, 3.05) is 0 Å². The molecule has 0 aromatic heterocycles. The molecule has 0 aromatic rings. The molecule has 0 aliphatic heterocycles. The Labute approximate surface area is 111 Å². The zero-order valence-corrected chi connectivity index (χ0v) is 13.8. The van der Waals surface area contributed by atoms with Crippen LogP contribution in [-0.2, 0) is 0 Å². The molecule has 0 spiro atoms. The van der Waals surface area contributed by atoms with Crippen molar-refractivity contribution in [2.24, 2.45) is 0 Å². The normalized spacial score (nSPS) is 11.6. The fourth-order valence-electron chi connectivity index (χ4n) is 0. The Kier molecular flexibility index (Phi) is 6.99. The van der Waals surface area contributed by atoms with Gasteiger partial charge in [-0.2, -0.15) is 0 Å². The highest BCUT2D eigenvalue weighted by atomic mass is 127. The van der Waals surface area contributed by atoms with Crippen LogP contribution in [-0.4, -0.2) is 1.76 Å². The first-order chi connectivity index (χ1) is 2.94. The van der Waals surface area contributed by atoms with Gasteiger partial charge in [0, 0.05) is 0 Å². The van der Waals surface area contributed by atoms with Crippen LogP contribution < -0.4 is 0 Å². The predicted molar refractivity (Wildman–Crippen MR) is 78.6 cm³/mol. The molecule has 0 aromatic carbocycles. The van der Waals surface area contributed by atoms with Gasteiger partial charge >= 0.3 is 2.43 Å². The van der Waals surface area contributed by atoms with Gasteiger partial charge in [0.05, 0.1) is 0 Å². The first-order valence-electron chi connectivity index (χ1n) is 1.29. The fourth-order valence-corrected chi connectivity index (χ4v) is 0. The van der Waals surface area contributed by atoms with E-state index < -0.39 is 0 Å². The van der Waals surface area contributed by atoms with E-state index in [0.29, 0.717) is 1.76 Å². The predicted octanol–water partition coefficient (Wildman–Crippen LogP) is 3.84. The van der Waals surface area contributed by atoms with Gasteiger partial charge in [-0.3, -0.25) is 0 Å². The number of hydrogen-bond acceptors (Lipinski definition) is 0. The van der Waals surface area contributed by atoms with E-state index in [2.05, 4.69) is 113 Å². The molecule has 0 radical (unpaired) electrons. The summed E-state index contributed by atoms with van der Waals surface area (Å²) in [7, 11) is 0. The van der Waals surface area contributed by atoms with Crippen LogP contribution in [0.2, 0.25) is 0 Å². The Bertz CT molecular complexity index is 53.6. The molecular weight excluding hydrogens is 657 g/mol. The summed E-state index contributed by atoms with van der Waals surface area (Å²) in [6.07, 6.45) is 0. The Hall–Kier alpha value is 3.71. The number of rotatable bonds is 1. The van der Waals surface area contributed by atoms with Gasteiger partial charge in [0.1, 0.15) is -0.665 Å². The van der Waals surface area contributed by atoms with Crippen molar-refractivity contribution in [3.8, 4) is 0 Å². The molecule has 0 atom stereocenters. The van der Waals surface area contributed by atoms with Crippen molar-refractivity contribution < 1.29 is 0 Å². The maximum absolute atomic E-state index is 2.42. The Morgan fingerprint density at radius 1 is 1.00 bits per heavy atom. The summed E-state index contributed by atoms with van der Waals surface area (Å²) in [5.41, 5.74) is 0. The van der Waals surface area contributed by atoms with Gasteiger partial charge in [-0.15, -0.1) is 44.7 Å². The molecule has 0 bridgehead atoms. The highest BCUT2D eigenvalue weighted by molar-refractivity contribution is 14.3. The first kappa shape index (κ1) is 10.7. The summed E-state index contributed by atoms with van der Waals surface area (Å²) >= 11 is 12.1. The molecule has 0 aliphatic rings. The fraction of sp³-hybridized carbons (Fsp3) is 1.00. The van der Waals surface area contributed by atoms with Gasteiger partial charge in [0.25, 0.3) is 0 Å². The second-order valence-electron chi connectivity index (χ2n) is 0.842. The summed E-state index contributed by atoms with van der Waals surface area (Å²) in [6, 6.07) is 0. The highest BCUT2D eigenvalue weighted by Gasteiger charge is 2.29. The largest absolute Gasteiger partial charge is 0.326 e. The highest BCUT2D eigenvalue weighted by Crippen LogP contribution is 2.42. The van der Waals surface area contributed by atoms with Gasteiger partial charge in [-0.25, -0.2) is 0 Å². The van der Waals surface area contributed by atoms with Gasteiger partial charge in [0.2, 0.25) is 0 Å². The second kappa shape index (κ2) is 4.56. The van der Waals surface area contributed by atoms with Crippen LogP contribution in [0.4, 0.5) is 0 Å². The van der Waals surface area contributed by atoms with Crippen LogP contribution in [0.5, 0.6) is 0 Å². The van der Waals surface area contributed by atoms with Crippen LogP contribution in [0, 0.1) is 0 Å². The lowest BCUT2D eigenvalue weighted by molar-refractivity contribution is 2.18. The van der Waals surface area contributed by atoms with E-state index in [1.165, 1.54) is 0 Å². The molecular formula is CBI5. The molecule has 0 N–H and O–H groups in total. The van der Waals surface area contributed by atoms with Gasteiger partial charge in [0.15, 0.2) is 0 Å². The molecule has 42 valence electrons. The summed E-state index contributed by atoms with van der Waals surface area (Å²) < 4.78 is 1.08. The van der Waals surface area contributed by atoms with Crippen LogP contribution >= 0.6 is 113 Å². The van der Waals surface area contributed by atoms with E-state index in [0.717, 1.165) is 0 Å². The third kappa shape index (κ3) is 6.13. The van der Waals surface area contributed by atoms with Crippen molar-refractivity contribution in [3.05, 3.63) is 0 Å². The molecule has 0 rings (SSSR count). The molecule has 0 saturated heterocycles. The summed E-state index contributed by atoms with van der Waals surface area (Å²) in [5.74, 6) is 0. The molecule has 6 heteroatoms. The van der Waals surface area contributed by atoms with Crippen LogP contribution in [0.25, 0.3) is 0 Å². The SMILES string of the molecule is IB(I)C(I)(I)I. The maximum atomic E-state index is 2.42. The lowest BCUT2D eigenvalue weighted by Crippen LogP contribution is -2.12. The van der Waals surface area contributed by atoms with Crippen molar-refractivity contribution in [2.45, 2.75) is -0.665 Å². The Balaban J connectivity index is 3.54.